The van der Waals surface area contributed by atoms with Crippen molar-refractivity contribution in [1.82, 2.24) is 4.90 Å². The minimum atomic E-state index is -5.22. The molecule has 0 aliphatic heterocycles. The minimum absolute atomic E-state index is 0.00886. The van der Waals surface area contributed by atoms with E-state index in [4.69, 9.17) is 5.73 Å². The first-order chi connectivity index (χ1) is 22.9. The number of likely N-dealkylation sites (N-methyl/N-ethyl adjacent to an activating group) is 1. The molecule has 2 unspecified atom stereocenters. The Balaban J connectivity index is 1.52. The van der Waals surface area contributed by atoms with Crippen molar-refractivity contribution in [3.05, 3.63) is 52.6 Å². The van der Waals surface area contributed by atoms with E-state index >= 15 is 0 Å². The third-order valence-electron chi connectivity index (χ3n) is 9.58. The molecule has 2 aromatic carbocycles. The summed E-state index contributed by atoms with van der Waals surface area (Å²) in [6.07, 6.45) is -12.3. The number of carbonyl (C=O) groups is 6. The fourth-order valence-electron chi connectivity index (χ4n) is 7.40. The van der Waals surface area contributed by atoms with Crippen molar-refractivity contribution in [2.45, 2.75) is 42.9 Å². The van der Waals surface area contributed by atoms with Gasteiger partial charge >= 0.3 is 18.4 Å². The number of hydrogen-bond donors (Lipinski definition) is 6. The van der Waals surface area contributed by atoms with Crippen molar-refractivity contribution >= 4 is 46.4 Å². The number of phenolic OH excluding ortho intramolecular Hbond substituents is 1. The molecule has 0 saturated heterocycles. The summed E-state index contributed by atoms with van der Waals surface area (Å²) >= 11 is 0. The van der Waals surface area contributed by atoms with Crippen LogP contribution in [0.4, 0.5) is 42.5 Å². The first-order valence-corrected chi connectivity index (χ1v) is 14.7. The van der Waals surface area contributed by atoms with Crippen LogP contribution in [0.2, 0.25) is 0 Å². The van der Waals surface area contributed by atoms with Crippen molar-refractivity contribution in [1.29, 1.82) is 0 Å². The van der Waals surface area contributed by atoms with Crippen LogP contribution < -0.4 is 16.4 Å². The van der Waals surface area contributed by atoms with E-state index in [1.54, 1.807) is 5.32 Å². The number of phenols is 1. The van der Waals surface area contributed by atoms with E-state index in [-0.39, 0.29) is 23.8 Å². The van der Waals surface area contributed by atoms with Gasteiger partial charge in [0.15, 0.2) is 34.7 Å². The molecule has 0 spiro atoms. The number of alkyl halides is 6. The maximum Gasteiger partial charge on any atom is 0.416 e. The van der Waals surface area contributed by atoms with Crippen LogP contribution in [0.1, 0.15) is 39.9 Å². The Morgan fingerprint density at radius 1 is 0.920 bits per heavy atom. The summed E-state index contributed by atoms with van der Waals surface area (Å²) in [5, 5.41) is 38.2. The average Bonchev–Trinajstić information content (AvgIpc) is 2.98. The van der Waals surface area contributed by atoms with Gasteiger partial charge in [-0.05, 0) is 49.8 Å². The number of amides is 3. The maximum absolute atomic E-state index is 14.0. The molecule has 3 aliphatic rings. The number of urea groups is 1. The van der Waals surface area contributed by atoms with Gasteiger partial charge in [-0.3, -0.25) is 28.9 Å². The molecule has 0 heterocycles. The maximum atomic E-state index is 14.0. The lowest BCUT2D eigenvalue weighted by molar-refractivity contribution is -0.196. The molecule has 3 aliphatic carbocycles. The van der Waals surface area contributed by atoms with E-state index in [1.807, 2.05) is 5.32 Å². The zero-order valence-corrected chi connectivity index (χ0v) is 26.0. The van der Waals surface area contributed by atoms with Crippen molar-refractivity contribution in [3.63, 3.8) is 0 Å². The lowest BCUT2D eigenvalue weighted by Gasteiger charge is -2.56. The Bertz CT molecular complexity index is 1830. The number of nitrogens with one attached hydrogen (secondary N) is 2. The molecule has 0 bridgehead atoms. The molecule has 3 amide bonds. The largest absolute Gasteiger partial charge is 0.505 e. The van der Waals surface area contributed by atoms with Crippen LogP contribution in [-0.4, -0.2) is 87.1 Å². The zero-order chi connectivity index (χ0) is 37.6. The summed E-state index contributed by atoms with van der Waals surface area (Å²) in [7, 11) is 2.66. The van der Waals surface area contributed by atoms with E-state index in [9.17, 15) is 70.4 Å². The molecule has 2 fully saturated rings. The molecule has 5 rings (SSSR count). The summed E-state index contributed by atoms with van der Waals surface area (Å²) < 4.78 is 79.6. The van der Waals surface area contributed by atoms with E-state index in [0.29, 0.717) is 0 Å². The second-order valence-corrected chi connectivity index (χ2v) is 12.7. The van der Waals surface area contributed by atoms with Crippen LogP contribution >= 0.6 is 0 Å². The van der Waals surface area contributed by atoms with Crippen LogP contribution in [0.15, 0.2) is 30.3 Å². The molecular formula is C31H28F6N4O9. The van der Waals surface area contributed by atoms with Crippen LogP contribution in [0.3, 0.4) is 0 Å². The smallest absolute Gasteiger partial charge is 0.416 e. The van der Waals surface area contributed by atoms with Gasteiger partial charge in [0.1, 0.15) is 5.75 Å². The number of halogens is 6. The molecule has 2 saturated carbocycles. The fraction of sp³-hybridized carbons (Fsp3) is 0.419. The number of nitrogens with two attached hydrogens (primary N) is 1. The Kier molecular flexibility index (Phi) is 8.64. The Morgan fingerprint density at radius 2 is 1.48 bits per heavy atom. The molecule has 0 radical (unpaired) electrons. The first-order valence-electron chi connectivity index (χ1n) is 14.7. The number of hydrogen-bond acceptors (Lipinski definition) is 10. The van der Waals surface area contributed by atoms with Gasteiger partial charge in [0.05, 0.1) is 46.4 Å². The molecule has 268 valence electrons. The van der Waals surface area contributed by atoms with Gasteiger partial charge in [0, 0.05) is 11.6 Å². The SMILES string of the molecule is C[C@@H]1c2ccc(NC(=O)Nc3cc(C(F)(F)F)cc(C(F)(F)F)c3)c(O)c2C(=O)C2C(=O)[C@@]3(O)C(=O)C(C(N)=O)C(=O)[C@H](N(C)C)[C@H]3[C@H](O)[C@H]21. The van der Waals surface area contributed by atoms with Gasteiger partial charge in [0.2, 0.25) is 5.91 Å². The number of primary amides is 1. The summed E-state index contributed by atoms with van der Waals surface area (Å²) in [5.41, 5.74) is -3.58. The fourth-order valence-corrected chi connectivity index (χ4v) is 7.40. The highest BCUT2D eigenvalue weighted by Gasteiger charge is 2.73. The van der Waals surface area contributed by atoms with E-state index in [1.165, 1.54) is 32.0 Å². The number of aliphatic hydroxyl groups is 2. The second-order valence-electron chi connectivity index (χ2n) is 12.7. The minimum Gasteiger partial charge on any atom is -0.505 e. The Morgan fingerprint density at radius 3 is 1.98 bits per heavy atom. The molecule has 19 heteroatoms. The summed E-state index contributed by atoms with van der Waals surface area (Å²) in [6.45, 7) is 1.43. The molecular weight excluding hydrogens is 686 g/mol. The number of aromatic hydroxyl groups is 1. The molecule has 13 nitrogen and oxygen atoms in total. The van der Waals surface area contributed by atoms with Gasteiger partial charge in [-0.25, -0.2) is 4.79 Å². The van der Waals surface area contributed by atoms with Crippen molar-refractivity contribution in [3.8, 4) is 5.75 Å². The summed E-state index contributed by atoms with van der Waals surface area (Å²) in [5.74, 6) is -16.5. The Hall–Kier alpha value is -4.88. The van der Waals surface area contributed by atoms with Crippen LogP contribution in [-0.2, 0) is 31.5 Å². The second kappa shape index (κ2) is 11.9. The number of benzene rings is 2. The van der Waals surface area contributed by atoms with Gasteiger partial charge in [-0.1, -0.05) is 13.0 Å². The van der Waals surface area contributed by atoms with E-state index in [2.05, 4.69) is 0 Å². The number of ketones is 4. The highest BCUT2D eigenvalue weighted by atomic mass is 19.4. The Labute approximate surface area is 277 Å². The predicted octanol–water partition coefficient (Wildman–Crippen LogP) is 2.08. The number of carbonyl (C=O) groups excluding carboxylic acids is 6. The topological polar surface area (TPSA) is 216 Å². The van der Waals surface area contributed by atoms with Gasteiger partial charge < -0.3 is 31.7 Å². The number of Topliss-reactive ketones (excluding diaryl/α,β-unsaturated/α-hetero) is 4. The highest BCUT2D eigenvalue weighted by molar-refractivity contribution is 6.32. The van der Waals surface area contributed by atoms with Gasteiger partial charge in [0.25, 0.3) is 0 Å². The summed E-state index contributed by atoms with van der Waals surface area (Å²) in [6, 6.07) is -0.505. The number of rotatable bonds is 4. The monoisotopic (exact) mass is 714 g/mol. The average molecular weight is 715 g/mol. The lowest BCUT2D eigenvalue weighted by Crippen LogP contribution is -2.77. The number of nitrogens with zero attached hydrogens (tertiary/aromatic N) is 1. The number of fused-ring (bicyclic) bond motifs is 3. The molecule has 0 aromatic heterocycles. The van der Waals surface area contributed by atoms with Crippen molar-refractivity contribution in [2.24, 2.45) is 29.4 Å². The van der Waals surface area contributed by atoms with Gasteiger partial charge in [-0.2, -0.15) is 26.3 Å². The normalized spacial score (nSPS) is 29.6. The van der Waals surface area contributed by atoms with Crippen LogP contribution in [0.25, 0.3) is 0 Å². The van der Waals surface area contributed by atoms with E-state index in [0.717, 1.165) is 6.07 Å². The van der Waals surface area contributed by atoms with Crippen LogP contribution in [0.5, 0.6) is 5.75 Å². The number of anilines is 2. The molecule has 7 N–H and O–H groups in total. The lowest BCUT2D eigenvalue weighted by atomic mass is 9.49. The third-order valence-corrected chi connectivity index (χ3v) is 9.58. The van der Waals surface area contributed by atoms with Crippen LogP contribution in [0, 0.1) is 23.7 Å². The third kappa shape index (κ3) is 5.48. The van der Waals surface area contributed by atoms with E-state index < -0.39 is 129 Å². The molecule has 50 heavy (non-hydrogen) atoms. The predicted molar refractivity (Wildman–Crippen MR) is 157 cm³/mol. The first kappa shape index (κ1) is 36.4. The summed E-state index contributed by atoms with van der Waals surface area (Å²) in [4.78, 5) is 80.8. The number of aliphatic hydroxyl groups excluding tert-OH is 1. The van der Waals surface area contributed by atoms with Crippen molar-refractivity contribution in [2.75, 3.05) is 24.7 Å². The van der Waals surface area contributed by atoms with Gasteiger partial charge in [-0.15, -0.1) is 0 Å². The highest BCUT2D eigenvalue weighted by Crippen LogP contribution is 2.55. The molecule has 8 atom stereocenters. The van der Waals surface area contributed by atoms with Crippen molar-refractivity contribution < 1.29 is 70.4 Å². The standard InChI is InChI=1S/C31H28F6N4O9/c1-9-13-4-5-14(40-28(49)39-12-7-10(30(32,33)34)6-11(8-12)31(35,36)37)21(42)16(13)22(43)17-15(9)23(44)19-20(41(2)3)24(45)18(27(38)48)26(47)29(19,50)25(17)46/h4-9,15,17-20,23,42,44,50H,1-3H3,(H2,38,48)(H2,39,40,49)/t9-,15+,17?,18?,19+,20-,23-,29-/m1/s1. The molecule has 2 aromatic rings. The quantitative estimate of drug-likeness (QED) is 0.154. The zero-order valence-electron chi connectivity index (χ0n) is 26.0.